The van der Waals surface area contributed by atoms with Crippen molar-refractivity contribution in [3.8, 4) is 0 Å². The molecule has 2 aromatic rings. The third-order valence-corrected chi connectivity index (χ3v) is 6.94. The fourth-order valence-corrected chi connectivity index (χ4v) is 5.18. The average Bonchev–Trinajstić information content (AvgIpc) is 3.01. The lowest BCUT2D eigenvalue weighted by Crippen LogP contribution is -2.46. The molecule has 1 aliphatic heterocycles. The molecule has 2 N–H and O–H groups in total. The van der Waals surface area contributed by atoms with E-state index >= 15 is 0 Å². The summed E-state index contributed by atoms with van der Waals surface area (Å²) >= 11 is 0. The van der Waals surface area contributed by atoms with Crippen molar-refractivity contribution in [1.82, 2.24) is 14.8 Å². The van der Waals surface area contributed by atoms with Gasteiger partial charge < -0.3 is 15.2 Å². The van der Waals surface area contributed by atoms with Crippen LogP contribution in [-0.4, -0.2) is 48.8 Å². The Hall–Kier alpha value is -2.72. The van der Waals surface area contributed by atoms with Crippen molar-refractivity contribution in [2.45, 2.75) is 44.6 Å². The molecular weight excluding hydrogens is 396 g/mol. The first-order valence-corrected chi connectivity index (χ1v) is 10.7. The Balaban J connectivity index is 1.61. The first-order chi connectivity index (χ1) is 13.7. The van der Waals surface area contributed by atoms with Gasteiger partial charge in [0.2, 0.25) is 15.9 Å². The number of piperidine rings is 1. The van der Waals surface area contributed by atoms with E-state index in [2.05, 4.69) is 15.8 Å². The molecule has 0 radical (unpaired) electrons. The number of carbonyl (C=O) groups excluding carboxylic acids is 2. The van der Waals surface area contributed by atoms with Gasteiger partial charge in [-0.05, 0) is 44.9 Å². The molecule has 29 heavy (non-hydrogen) atoms. The SMILES string of the molecule is CC(=O)Nc1cccc(C(=O)NC2CCN(S(=O)(=O)c3c(C)noc3C)CC2)c1. The van der Waals surface area contributed by atoms with Gasteiger partial charge in [0.25, 0.3) is 5.91 Å². The lowest BCUT2D eigenvalue weighted by molar-refractivity contribution is -0.114. The number of carbonyl (C=O) groups is 2. The number of aryl methyl sites for hydroxylation is 2. The Morgan fingerprint density at radius 1 is 1.21 bits per heavy atom. The molecule has 10 heteroatoms. The van der Waals surface area contributed by atoms with Crippen molar-refractivity contribution in [3.05, 3.63) is 41.3 Å². The summed E-state index contributed by atoms with van der Waals surface area (Å²) in [5.74, 6) is -0.198. The second kappa shape index (κ2) is 8.34. The molecule has 2 heterocycles. The predicted octanol–water partition coefficient (Wildman–Crippen LogP) is 1.83. The maximum atomic E-state index is 12.9. The molecule has 2 amide bonds. The molecule has 1 aromatic heterocycles. The largest absolute Gasteiger partial charge is 0.360 e. The van der Waals surface area contributed by atoms with Crippen LogP contribution in [-0.2, 0) is 14.8 Å². The highest BCUT2D eigenvalue weighted by Crippen LogP contribution is 2.26. The standard InChI is InChI=1S/C19H24N4O5S/c1-12-18(13(2)28-22-12)29(26,27)23-9-7-16(8-10-23)21-19(25)15-5-4-6-17(11-15)20-14(3)24/h4-6,11,16H,7-10H2,1-3H3,(H,20,24)(H,21,25). The number of hydrogen-bond acceptors (Lipinski definition) is 6. The first kappa shape index (κ1) is 21.0. The van der Waals surface area contributed by atoms with E-state index in [9.17, 15) is 18.0 Å². The Bertz CT molecular complexity index is 1000. The molecule has 0 spiro atoms. The van der Waals surface area contributed by atoms with Crippen molar-refractivity contribution >= 4 is 27.5 Å². The fraction of sp³-hybridized carbons (Fsp3) is 0.421. The van der Waals surface area contributed by atoms with Gasteiger partial charge in [-0.2, -0.15) is 4.31 Å². The highest BCUT2D eigenvalue weighted by Gasteiger charge is 2.34. The number of anilines is 1. The van der Waals surface area contributed by atoms with Gasteiger partial charge in [0.15, 0.2) is 5.76 Å². The number of nitrogens with one attached hydrogen (secondary N) is 2. The van der Waals surface area contributed by atoms with Crippen LogP contribution in [0.15, 0.2) is 33.7 Å². The summed E-state index contributed by atoms with van der Waals surface area (Å²) in [6, 6.07) is 6.53. The topological polar surface area (TPSA) is 122 Å². The van der Waals surface area contributed by atoms with E-state index in [0.29, 0.717) is 42.9 Å². The number of benzene rings is 1. The van der Waals surface area contributed by atoms with Gasteiger partial charge in [-0.25, -0.2) is 8.42 Å². The van der Waals surface area contributed by atoms with Crippen LogP contribution in [0.25, 0.3) is 0 Å². The van der Waals surface area contributed by atoms with Gasteiger partial charge >= 0.3 is 0 Å². The van der Waals surface area contributed by atoms with Crippen LogP contribution >= 0.6 is 0 Å². The summed E-state index contributed by atoms with van der Waals surface area (Å²) in [6.07, 6.45) is 0.999. The molecule has 3 rings (SSSR count). The number of amides is 2. The Morgan fingerprint density at radius 2 is 1.90 bits per heavy atom. The third kappa shape index (κ3) is 4.65. The Kier molecular flexibility index (Phi) is 6.04. The Morgan fingerprint density at radius 3 is 2.48 bits per heavy atom. The zero-order chi connectivity index (χ0) is 21.2. The monoisotopic (exact) mass is 420 g/mol. The summed E-state index contributed by atoms with van der Waals surface area (Å²) in [5.41, 5.74) is 1.32. The van der Waals surface area contributed by atoms with Crippen LogP contribution in [0.1, 0.15) is 41.6 Å². The second-order valence-corrected chi connectivity index (χ2v) is 8.94. The van der Waals surface area contributed by atoms with Crippen LogP contribution in [0, 0.1) is 13.8 Å². The lowest BCUT2D eigenvalue weighted by Gasteiger charge is -2.31. The molecule has 0 aliphatic carbocycles. The van der Waals surface area contributed by atoms with E-state index in [1.54, 1.807) is 38.1 Å². The lowest BCUT2D eigenvalue weighted by atomic mass is 10.1. The maximum Gasteiger partial charge on any atom is 0.251 e. The smallest absolute Gasteiger partial charge is 0.251 e. The molecule has 0 saturated carbocycles. The summed E-state index contributed by atoms with van der Waals surface area (Å²) in [4.78, 5) is 23.8. The molecular formula is C19H24N4O5S. The van der Waals surface area contributed by atoms with Gasteiger partial charge in [-0.15, -0.1) is 0 Å². The minimum atomic E-state index is -3.68. The van der Waals surface area contributed by atoms with Gasteiger partial charge in [0.05, 0.1) is 0 Å². The van der Waals surface area contributed by atoms with E-state index in [1.165, 1.54) is 11.2 Å². The van der Waals surface area contributed by atoms with E-state index in [0.717, 1.165) is 0 Å². The summed E-state index contributed by atoms with van der Waals surface area (Å²) < 4.78 is 32.1. The number of rotatable bonds is 5. The highest BCUT2D eigenvalue weighted by molar-refractivity contribution is 7.89. The summed E-state index contributed by atoms with van der Waals surface area (Å²) in [7, 11) is -3.68. The average molecular weight is 420 g/mol. The van der Waals surface area contributed by atoms with Crippen molar-refractivity contribution in [3.63, 3.8) is 0 Å². The Labute approximate surface area is 169 Å². The van der Waals surface area contributed by atoms with Gasteiger partial charge in [0.1, 0.15) is 10.6 Å². The van der Waals surface area contributed by atoms with E-state index in [4.69, 9.17) is 4.52 Å². The van der Waals surface area contributed by atoms with Crippen LogP contribution in [0.3, 0.4) is 0 Å². The van der Waals surface area contributed by atoms with Crippen molar-refractivity contribution in [1.29, 1.82) is 0 Å². The fourth-order valence-electron chi connectivity index (χ4n) is 3.42. The van der Waals surface area contributed by atoms with Crippen LogP contribution in [0.4, 0.5) is 5.69 Å². The van der Waals surface area contributed by atoms with Gasteiger partial charge in [-0.3, -0.25) is 9.59 Å². The first-order valence-electron chi connectivity index (χ1n) is 9.30. The van der Waals surface area contributed by atoms with Crippen LogP contribution < -0.4 is 10.6 Å². The molecule has 1 saturated heterocycles. The minimum Gasteiger partial charge on any atom is -0.360 e. The molecule has 0 atom stereocenters. The normalized spacial score (nSPS) is 15.8. The van der Waals surface area contributed by atoms with E-state index < -0.39 is 10.0 Å². The minimum absolute atomic E-state index is 0.120. The summed E-state index contributed by atoms with van der Waals surface area (Å²) in [5, 5.41) is 9.31. The quantitative estimate of drug-likeness (QED) is 0.761. The molecule has 156 valence electrons. The summed E-state index contributed by atoms with van der Waals surface area (Å²) in [6.45, 7) is 5.17. The third-order valence-electron chi connectivity index (χ3n) is 4.80. The maximum absolute atomic E-state index is 12.9. The number of aromatic nitrogens is 1. The molecule has 9 nitrogen and oxygen atoms in total. The van der Waals surface area contributed by atoms with E-state index in [1.807, 2.05) is 0 Å². The molecule has 1 aromatic carbocycles. The number of nitrogens with zero attached hydrogens (tertiary/aromatic N) is 2. The number of sulfonamides is 1. The molecule has 0 bridgehead atoms. The zero-order valence-electron chi connectivity index (χ0n) is 16.6. The van der Waals surface area contributed by atoms with Gasteiger partial charge in [0, 0.05) is 37.3 Å². The zero-order valence-corrected chi connectivity index (χ0v) is 17.4. The van der Waals surface area contributed by atoms with Crippen molar-refractivity contribution < 1.29 is 22.5 Å². The molecule has 0 unspecified atom stereocenters. The predicted molar refractivity (Wildman–Crippen MR) is 106 cm³/mol. The van der Waals surface area contributed by atoms with Crippen molar-refractivity contribution in [2.75, 3.05) is 18.4 Å². The highest BCUT2D eigenvalue weighted by atomic mass is 32.2. The molecule has 1 fully saturated rings. The van der Waals surface area contributed by atoms with Gasteiger partial charge in [-0.1, -0.05) is 11.2 Å². The molecule has 1 aliphatic rings. The van der Waals surface area contributed by atoms with Crippen LogP contribution in [0.5, 0.6) is 0 Å². The van der Waals surface area contributed by atoms with Crippen molar-refractivity contribution in [2.24, 2.45) is 0 Å². The van der Waals surface area contributed by atoms with E-state index in [-0.39, 0.29) is 28.5 Å². The second-order valence-electron chi connectivity index (χ2n) is 7.07. The van der Waals surface area contributed by atoms with Crippen LogP contribution in [0.2, 0.25) is 0 Å². The number of hydrogen-bond donors (Lipinski definition) is 2.